The van der Waals surface area contributed by atoms with Gasteiger partial charge < -0.3 is 10.6 Å². The number of rotatable bonds is 10. The Hall–Kier alpha value is -2.34. The highest BCUT2D eigenvalue weighted by Gasteiger charge is 2.09. The zero-order valence-corrected chi connectivity index (χ0v) is 16.1. The lowest BCUT2D eigenvalue weighted by Gasteiger charge is -2.20. The molecule has 2 rings (SSSR count). The topological polar surface area (TPSA) is 62.2 Å². The summed E-state index contributed by atoms with van der Waals surface area (Å²) < 4.78 is 1.88. The summed E-state index contributed by atoms with van der Waals surface area (Å²) in [5, 5.41) is 10.1. The van der Waals surface area contributed by atoms with E-state index in [2.05, 4.69) is 59.6 Å². The van der Waals surface area contributed by atoms with Crippen molar-refractivity contribution in [2.24, 2.45) is 5.92 Å². The Bertz CT molecular complexity index is 652. The van der Waals surface area contributed by atoms with Crippen molar-refractivity contribution in [3.63, 3.8) is 0 Å². The van der Waals surface area contributed by atoms with Gasteiger partial charge in [0.2, 0.25) is 0 Å². The first-order valence-corrected chi connectivity index (χ1v) is 9.40. The summed E-state index contributed by atoms with van der Waals surface area (Å²) in [4.78, 5) is 14.5. The number of hydrogen-bond donors (Lipinski definition) is 2. The minimum absolute atomic E-state index is 0.130. The Balaban J connectivity index is 1.78. The van der Waals surface area contributed by atoms with E-state index >= 15 is 0 Å². The van der Waals surface area contributed by atoms with Crippen molar-refractivity contribution in [2.75, 3.05) is 19.6 Å². The summed E-state index contributed by atoms with van der Waals surface area (Å²) in [6.07, 6.45) is 3.70. The van der Waals surface area contributed by atoms with Gasteiger partial charge in [-0.25, -0.2) is 4.79 Å². The van der Waals surface area contributed by atoms with E-state index in [-0.39, 0.29) is 6.03 Å². The first-order chi connectivity index (χ1) is 12.6. The minimum Gasteiger partial charge on any atom is -0.338 e. The van der Waals surface area contributed by atoms with Crippen LogP contribution in [0.1, 0.15) is 31.9 Å². The Morgan fingerprint density at radius 1 is 1.15 bits per heavy atom. The number of carbonyl (C=O) groups is 1. The molecule has 0 radical (unpaired) electrons. The number of amides is 2. The highest BCUT2D eigenvalue weighted by Crippen LogP contribution is 2.11. The van der Waals surface area contributed by atoms with Crippen molar-refractivity contribution in [3.8, 4) is 0 Å². The maximum Gasteiger partial charge on any atom is 0.315 e. The molecular formula is C20H31N5O. The molecule has 0 fully saturated rings. The maximum atomic E-state index is 12.1. The van der Waals surface area contributed by atoms with Crippen molar-refractivity contribution < 1.29 is 4.79 Å². The molecule has 26 heavy (non-hydrogen) atoms. The van der Waals surface area contributed by atoms with Gasteiger partial charge in [0, 0.05) is 38.6 Å². The number of benzene rings is 1. The smallest absolute Gasteiger partial charge is 0.315 e. The van der Waals surface area contributed by atoms with Crippen molar-refractivity contribution in [1.82, 2.24) is 25.3 Å². The second-order valence-electron chi connectivity index (χ2n) is 6.63. The predicted molar refractivity (Wildman–Crippen MR) is 105 cm³/mol. The van der Waals surface area contributed by atoms with Gasteiger partial charge in [-0.1, -0.05) is 45.0 Å². The van der Waals surface area contributed by atoms with Gasteiger partial charge in [-0.3, -0.25) is 9.58 Å². The number of nitrogens with one attached hydrogen (secondary N) is 2. The van der Waals surface area contributed by atoms with Crippen LogP contribution in [0.3, 0.4) is 0 Å². The molecule has 1 unspecified atom stereocenters. The Kier molecular flexibility index (Phi) is 8.15. The molecule has 0 aliphatic rings. The summed E-state index contributed by atoms with van der Waals surface area (Å²) >= 11 is 0. The predicted octanol–water partition coefficient (Wildman–Crippen LogP) is 2.86. The first-order valence-electron chi connectivity index (χ1n) is 9.40. The zero-order chi connectivity index (χ0) is 18.8. The Morgan fingerprint density at radius 3 is 2.54 bits per heavy atom. The number of carbonyl (C=O) groups excluding carboxylic acids is 1. The maximum absolute atomic E-state index is 12.1. The van der Waals surface area contributed by atoms with Crippen molar-refractivity contribution in [2.45, 2.75) is 40.4 Å². The Labute approximate surface area is 156 Å². The highest BCUT2D eigenvalue weighted by molar-refractivity contribution is 5.73. The molecule has 2 aromatic rings. The number of urea groups is 1. The lowest BCUT2D eigenvalue weighted by molar-refractivity contribution is 0.238. The standard InChI is InChI=1S/C20H31N5O/c1-4-24(5-2)16-19-10-7-6-9-18(19)14-22-20(26)21-13-17(3)15-25-12-8-11-23-25/h6-12,17H,4-5,13-16H2,1-3H3,(H2,21,22,26). The summed E-state index contributed by atoms with van der Waals surface area (Å²) in [6, 6.07) is 10.1. The third kappa shape index (κ3) is 6.52. The summed E-state index contributed by atoms with van der Waals surface area (Å²) in [6.45, 7) is 11.3. The first kappa shape index (κ1) is 20.0. The van der Waals surface area contributed by atoms with Crippen LogP contribution < -0.4 is 10.6 Å². The molecule has 2 N–H and O–H groups in total. The van der Waals surface area contributed by atoms with Crippen molar-refractivity contribution >= 4 is 6.03 Å². The molecule has 2 amide bonds. The monoisotopic (exact) mass is 357 g/mol. The average molecular weight is 358 g/mol. The molecule has 142 valence electrons. The fourth-order valence-corrected chi connectivity index (χ4v) is 2.87. The van der Waals surface area contributed by atoms with E-state index in [9.17, 15) is 4.79 Å². The SMILES string of the molecule is CCN(CC)Cc1ccccc1CNC(=O)NCC(C)Cn1cccn1. The van der Waals surface area contributed by atoms with Crippen LogP contribution in [0.2, 0.25) is 0 Å². The summed E-state index contributed by atoms with van der Waals surface area (Å²) in [5.74, 6) is 0.315. The van der Waals surface area contributed by atoms with Crippen LogP contribution in [0.5, 0.6) is 0 Å². The second-order valence-corrected chi connectivity index (χ2v) is 6.63. The fourth-order valence-electron chi connectivity index (χ4n) is 2.87. The largest absolute Gasteiger partial charge is 0.338 e. The van der Waals surface area contributed by atoms with Crippen molar-refractivity contribution in [3.05, 3.63) is 53.9 Å². The number of nitrogens with zero attached hydrogens (tertiary/aromatic N) is 3. The van der Waals surface area contributed by atoms with Gasteiger partial charge in [0.15, 0.2) is 0 Å². The third-order valence-corrected chi connectivity index (χ3v) is 4.52. The molecule has 1 aromatic heterocycles. The molecule has 1 aromatic carbocycles. The molecule has 0 aliphatic heterocycles. The molecule has 0 aliphatic carbocycles. The molecule has 0 spiro atoms. The lowest BCUT2D eigenvalue weighted by Crippen LogP contribution is -2.38. The van der Waals surface area contributed by atoms with Gasteiger partial charge in [-0.05, 0) is 36.2 Å². The molecule has 1 heterocycles. The van der Waals surface area contributed by atoms with Gasteiger partial charge in [-0.2, -0.15) is 5.10 Å². The molecule has 6 nitrogen and oxygen atoms in total. The Morgan fingerprint density at radius 2 is 1.88 bits per heavy atom. The van der Waals surface area contributed by atoms with E-state index in [0.29, 0.717) is 19.0 Å². The highest BCUT2D eigenvalue weighted by atomic mass is 16.2. The van der Waals surface area contributed by atoms with Gasteiger partial charge in [0.05, 0.1) is 0 Å². The summed E-state index contributed by atoms with van der Waals surface area (Å²) in [7, 11) is 0. The number of aromatic nitrogens is 2. The van der Waals surface area contributed by atoms with Crippen LogP contribution in [0.25, 0.3) is 0 Å². The molecule has 0 saturated carbocycles. The van der Waals surface area contributed by atoms with E-state index in [1.54, 1.807) is 6.20 Å². The third-order valence-electron chi connectivity index (χ3n) is 4.52. The van der Waals surface area contributed by atoms with E-state index in [0.717, 1.165) is 26.2 Å². The van der Waals surface area contributed by atoms with E-state index in [4.69, 9.17) is 0 Å². The quantitative estimate of drug-likeness (QED) is 0.687. The van der Waals surface area contributed by atoms with Crippen LogP contribution in [-0.2, 0) is 19.6 Å². The fraction of sp³-hybridized carbons (Fsp3) is 0.500. The van der Waals surface area contributed by atoms with Crippen molar-refractivity contribution in [1.29, 1.82) is 0 Å². The van der Waals surface area contributed by atoms with Crippen LogP contribution in [0, 0.1) is 5.92 Å². The van der Waals surface area contributed by atoms with Gasteiger partial charge in [0.1, 0.15) is 0 Å². The van der Waals surface area contributed by atoms with E-state index in [1.807, 2.05) is 23.0 Å². The minimum atomic E-state index is -0.130. The molecule has 0 bridgehead atoms. The van der Waals surface area contributed by atoms with Gasteiger partial charge in [-0.15, -0.1) is 0 Å². The zero-order valence-electron chi connectivity index (χ0n) is 16.1. The molecule has 0 saturated heterocycles. The van der Waals surface area contributed by atoms with Gasteiger partial charge >= 0.3 is 6.03 Å². The average Bonchev–Trinajstić information content (AvgIpc) is 3.16. The van der Waals surface area contributed by atoms with E-state index in [1.165, 1.54) is 11.1 Å². The molecule has 6 heteroatoms. The van der Waals surface area contributed by atoms with Crippen LogP contribution >= 0.6 is 0 Å². The summed E-state index contributed by atoms with van der Waals surface area (Å²) in [5.41, 5.74) is 2.43. The van der Waals surface area contributed by atoms with Crippen LogP contribution in [0.15, 0.2) is 42.7 Å². The van der Waals surface area contributed by atoms with E-state index < -0.39 is 0 Å². The van der Waals surface area contributed by atoms with Crippen LogP contribution in [-0.4, -0.2) is 40.3 Å². The second kappa shape index (κ2) is 10.6. The normalized spacial score (nSPS) is 12.2. The molecular weight excluding hydrogens is 326 g/mol. The number of hydrogen-bond acceptors (Lipinski definition) is 3. The molecule has 1 atom stereocenters. The van der Waals surface area contributed by atoms with Crippen LogP contribution in [0.4, 0.5) is 4.79 Å². The van der Waals surface area contributed by atoms with Gasteiger partial charge in [0.25, 0.3) is 0 Å². The lowest BCUT2D eigenvalue weighted by atomic mass is 10.1.